The summed E-state index contributed by atoms with van der Waals surface area (Å²) in [4.78, 5) is 2.67. The van der Waals surface area contributed by atoms with Crippen LogP contribution in [-0.4, -0.2) is 35.2 Å². The van der Waals surface area contributed by atoms with Crippen molar-refractivity contribution in [1.29, 1.82) is 0 Å². The van der Waals surface area contributed by atoms with Gasteiger partial charge in [-0.25, -0.2) is 0 Å². The summed E-state index contributed by atoms with van der Waals surface area (Å²) in [5.41, 5.74) is 0.460. The van der Waals surface area contributed by atoms with Gasteiger partial charge in [-0.1, -0.05) is 20.8 Å². The molecule has 0 aromatic carbocycles. The molecule has 3 atom stereocenters. The summed E-state index contributed by atoms with van der Waals surface area (Å²) >= 11 is 0. The predicted octanol–water partition coefficient (Wildman–Crippen LogP) is 3.44. The van der Waals surface area contributed by atoms with Crippen LogP contribution < -0.4 is 0 Å². The lowest BCUT2D eigenvalue weighted by Gasteiger charge is -2.36. The van der Waals surface area contributed by atoms with Gasteiger partial charge in [-0.15, -0.1) is 0 Å². The normalized spacial score (nSPS) is 36.3. The average Bonchev–Trinajstić information content (AvgIpc) is 2.53. The van der Waals surface area contributed by atoms with Gasteiger partial charge < -0.3 is 10.0 Å². The zero-order chi connectivity index (χ0) is 13.2. The molecule has 0 aromatic heterocycles. The van der Waals surface area contributed by atoms with E-state index in [9.17, 15) is 5.11 Å². The molecule has 0 bridgehead atoms. The maximum absolute atomic E-state index is 9.84. The fourth-order valence-electron chi connectivity index (χ4n) is 3.82. The van der Waals surface area contributed by atoms with E-state index in [4.69, 9.17) is 0 Å². The third-order valence-corrected chi connectivity index (χ3v) is 5.12. The smallest absolute Gasteiger partial charge is 0.0555 e. The van der Waals surface area contributed by atoms with Crippen LogP contribution in [0.15, 0.2) is 0 Å². The van der Waals surface area contributed by atoms with Crippen molar-refractivity contribution in [3.05, 3.63) is 0 Å². The number of nitrogens with zero attached hydrogens (tertiary/aromatic N) is 1. The Morgan fingerprint density at radius 1 is 0.944 bits per heavy atom. The zero-order valence-corrected chi connectivity index (χ0v) is 12.5. The molecule has 2 aliphatic rings. The quantitative estimate of drug-likeness (QED) is 0.774. The van der Waals surface area contributed by atoms with Crippen LogP contribution in [0, 0.1) is 11.3 Å². The summed E-state index contributed by atoms with van der Waals surface area (Å²) < 4.78 is 0. The summed E-state index contributed by atoms with van der Waals surface area (Å²) in [5, 5.41) is 9.84. The molecule has 1 saturated heterocycles. The van der Waals surface area contributed by atoms with Crippen molar-refractivity contribution in [1.82, 2.24) is 4.90 Å². The first-order valence-electron chi connectivity index (χ1n) is 7.89. The molecule has 0 aromatic rings. The Morgan fingerprint density at radius 3 is 2.39 bits per heavy atom. The Balaban J connectivity index is 1.88. The van der Waals surface area contributed by atoms with Crippen molar-refractivity contribution in [2.75, 3.05) is 13.1 Å². The Morgan fingerprint density at radius 2 is 1.72 bits per heavy atom. The SMILES string of the molecule is CC(C)(C)C1CCCN(C2CCCC(O)C2)CC1. The molecule has 1 N–H and O–H groups in total. The van der Waals surface area contributed by atoms with Gasteiger partial charge in [-0.3, -0.25) is 0 Å². The second-order valence-electron chi connectivity index (χ2n) is 7.50. The summed E-state index contributed by atoms with van der Waals surface area (Å²) in [6.45, 7) is 9.66. The molecular formula is C16H31NO. The lowest BCUT2D eigenvalue weighted by atomic mass is 9.77. The lowest BCUT2D eigenvalue weighted by Crippen LogP contribution is -2.41. The van der Waals surface area contributed by atoms with Crippen molar-refractivity contribution in [2.24, 2.45) is 11.3 Å². The Bertz CT molecular complexity index is 258. The topological polar surface area (TPSA) is 23.5 Å². The van der Waals surface area contributed by atoms with E-state index in [0.29, 0.717) is 11.5 Å². The van der Waals surface area contributed by atoms with Gasteiger partial charge in [0, 0.05) is 6.04 Å². The molecule has 0 radical (unpaired) electrons. The van der Waals surface area contributed by atoms with Crippen LogP contribution >= 0.6 is 0 Å². The highest BCUT2D eigenvalue weighted by molar-refractivity contribution is 4.84. The number of hydrogen-bond donors (Lipinski definition) is 1. The number of hydrogen-bond acceptors (Lipinski definition) is 2. The summed E-state index contributed by atoms with van der Waals surface area (Å²) in [7, 11) is 0. The first-order valence-corrected chi connectivity index (χ1v) is 7.89. The Hall–Kier alpha value is -0.0800. The Kier molecular flexibility index (Phi) is 4.71. The maximum atomic E-state index is 9.84. The minimum atomic E-state index is -0.0367. The van der Waals surface area contributed by atoms with Gasteiger partial charge in [-0.2, -0.15) is 0 Å². The number of aliphatic hydroxyl groups excluding tert-OH is 1. The molecule has 1 saturated carbocycles. The summed E-state index contributed by atoms with van der Waals surface area (Å²) in [6.07, 6.45) is 8.59. The molecule has 18 heavy (non-hydrogen) atoms. The van der Waals surface area contributed by atoms with Crippen molar-refractivity contribution < 1.29 is 5.11 Å². The van der Waals surface area contributed by atoms with E-state index >= 15 is 0 Å². The van der Waals surface area contributed by atoms with Crippen molar-refractivity contribution in [2.45, 2.75) is 77.9 Å². The van der Waals surface area contributed by atoms with Crippen molar-refractivity contribution in [3.63, 3.8) is 0 Å². The molecule has 106 valence electrons. The zero-order valence-electron chi connectivity index (χ0n) is 12.5. The third kappa shape index (κ3) is 3.71. The minimum absolute atomic E-state index is 0.0367. The van der Waals surface area contributed by atoms with Gasteiger partial charge in [0.25, 0.3) is 0 Å². The van der Waals surface area contributed by atoms with Crippen molar-refractivity contribution in [3.8, 4) is 0 Å². The highest BCUT2D eigenvalue weighted by Gasteiger charge is 2.31. The van der Waals surface area contributed by atoms with Gasteiger partial charge >= 0.3 is 0 Å². The van der Waals surface area contributed by atoms with Crippen LogP contribution in [0.4, 0.5) is 0 Å². The first kappa shape index (κ1) is 14.3. The van der Waals surface area contributed by atoms with E-state index in [1.54, 1.807) is 0 Å². The second-order valence-corrected chi connectivity index (χ2v) is 7.50. The molecule has 0 spiro atoms. The Labute approximate surface area is 113 Å². The van der Waals surface area contributed by atoms with Gasteiger partial charge in [0.1, 0.15) is 0 Å². The molecule has 1 heterocycles. The van der Waals surface area contributed by atoms with Crippen molar-refractivity contribution >= 4 is 0 Å². The number of likely N-dealkylation sites (tertiary alicyclic amines) is 1. The van der Waals surface area contributed by atoms with E-state index in [0.717, 1.165) is 18.8 Å². The largest absolute Gasteiger partial charge is 0.393 e. The standard InChI is InChI=1S/C16H31NO/c1-16(2,3)13-6-5-10-17(11-9-13)14-7-4-8-15(18)12-14/h13-15,18H,4-12H2,1-3H3. The van der Waals surface area contributed by atoms with E-state index in [1.807, 2.05) is 0 Å². The first-order chi connectivity index (χ1) is 8.47. The summed E-state index contributed by atoms with van der Waals surface area (Å²) in [6, 6.07) is 0.660. The molecule has 1 aliphatic carbocycles. The van der Waals surface area contributed by atoms with Gasteiger partial charge in [0.15, 0.2) is 0 Å². The van der Waals surface area contributed by atoms with Gasteiger partial charge in [0.05, 0.1) is 6.10 Å². The van der Waals surface area contributed by atoms with Crippen LogP contribution in [0.3, 0.4) is 0 Å². The molecule has 3 unspecified atom stereocenters. The minimum Gasteiger partial charge on any atom is -0.393 e. The van der Waals surface area contributed by atoms with E-state index < -0.39 is 0 Å². The second kappa shape index (κ2) is 5.92. The fraction of sp³-hybridized carbons (Fsp3) is 1.00. The fourth-order valence-corrected chi connectivity index (χ4v) is 3.82. The molecule has 0 amide bonds. The maximum Gasteiger partial charge on any atom is 0.0555 e. The van der Waals surface area contributed by atoms with E-state index in [1.165, 1.54) is 45.2 Å². The molecule has 2 fully saturated rings. The van der Waals surface area contributed by atoms with E-state index in [-0.39, 0.29) is 6.10 Å². The summed E-state index contributed by atoms with van der Waals surface area (Å²) in [5.74, 6) is 0.871. The average molecular weight is 253 g/mol. The van der Waals surface area contributed by atoms with Crippen LogP contribution in [-0.2, 0) is 0 Å². The molecule has 1 aliphatic heterocycles. The van der Waals surface area contributed by atoms with Gasteiger partial charge in [0.2, 0.25) is 0 Å². The molecule has 2 heteroatoms. The molecule has 2 rings (SSSR count). The number of aliphatic hydroxyl groups is 1. The van der Waals surface area contributed by atoms with Gasteiger partial charge in [-0.05, 0) is 69.4 Å². The highest BCUT2D eigenvalue weighted by Crippen LogP contribution is 2.35. The monoisotopic (exact) mass is 253 g/mol. The number of rotatable bonds is 1. The molecular weight excluding hydrogens is 222 g/mol. The predicted molar refractivity (Wildman–Crippen MR) is 76.6 cm³/mol. The van der Waals surface area contributed by atoms with E-state index in [2.05, 4.69) is 25.7 Å². The highest BCUT2D eigenvalue weighted by atomic mass is 16.3. The lowest BCUT2D eigenvalue weighted by molar-refractivity contribution is 0.0618. The third-order valence-electron chi connectivity index (χ3n) is 5.12. The van der Waals surface area contributed by atoms with Crippen LogP contribution in [0.2, 0.25) is 0 Å². The van der Waals surface area contributed by atoms with Crippen LogP contribution in [0.5, 0.6) is 0 Å². The molecule has 2 nitrogen and oxygen atoms in total. The van der Waals surface area contributed by atoms with Crippen LogP contribution in [0.25, 0.3) is 0 Å². The van der Waals surface area contributed by atoms with Crippen LogP contribution in [0.1, 0.15) is 65.7 Å².